The van der Waals surface area contributed by atoms with Crippen molar-refractivity contribution in [2.45, 2.75) is 18.5 Å². The minimum absolute atomic E-state index is 0.0104. The second kappa shape index (κ2) is 7.67. The SMILES string of the molecule is O=C1CN(CCc2ccc(Cl)cc2)[C@@H]2CS(=O)(=O)C[C@@H]2N1c1ccc(Cl)cc1. The number of halogens is 2. The fourth-order valence-electron chi connectivity index (χ4n) is 4.06. The zero-order chi connectivity index (χ0) is 19.9. The van der Waals surface area contributed by atoms with Crippen molar-refractivity contribution in [3.63, 3.8) is 0 Å². The number of fused-ring (bicyclic) bond motifs is 1. The van der Waals surface area contributed by atoms with Crippen LogP contribution in [0.2, 0.25) is 10.0 Å². The highest BCUT2D eigenvalue weighted by Gasteiger charge is 2.49. The lowest BCUT2D eigenvalue weighted by atomic mass is 10.0. The van der Waals surface area contributed by atoms with Gasteiger partial charge in [0, 0.05) is 28.3 Å². The van der Waals surface area contributed by atoms with E-state index in [2.05, 4.69) is 0 Å². The highest BCUT2D eigenvalue weighted by molar-refractivity contribution is 7.91. The van der Waals surface area contributed by atoms with Crippen LogP contribution in [-0.4, -0.2) is 55.9 Å². The van der Waals surface area contributed by atoms with E-state index in [0.717, 1.165) is 12.0 Å². The van der Waals surface area contributed by atoms with Crippen molar-refractivity contribution < 1.29 is 13.2 Å². The molecule has 1 amide bonds. The minimum atomic E-state index is -3.20. The molecule has 2 aliphatic rings. The number of hydrogen-bond donors (Lipinski definition) is 0. The van der Waals surface area contributed by atoms with Gasteiger partial charge in [-0.25, -0.2) is 8.42 Å². The van der Waals surface area contributed by atoms with Crippen LogP contribution in [0.5, 0.6) is 0 Å². The number of benzene rings is 2. The number of amides is 1. The summed E-state index contributed by atoms with van der Waals surface area (Å²) < 4.78 is 24.8. The Morgan fingerprint density at radius 2 is 1.46 bits per heavy atom. The number of rotatable bonds is 4. The average molecular weight is 439 g/mol. The zero-order valence-corrected chi connectivity index (χ0v) is 17.4. The van der Waals surface area contributed by atoms with Crippen LogP contribution in [0.1, 0.15) is 5.56 Å². The molecule has 0 saturated carbocycles. The summed E-state index contributed by atoms with van der Waals surface area (Å²) in [5.74, 6) is -0.0177. The maximum Gasteiger partial charge on any atom is 0.241 e. The fraction of sp³-hybridized carbons (Fsp3) is 0.350. The van der Waals surface area contributed by atoms with Gasteiger partial charge in [0.1, 0.15) is 0 Å². The number of carbonyl (C=O) groups excluding carboxylic acids is 1. The van der Waals surface area contributed by atoms with E-state index in [9.17, 15) is 13.2 Å². The summed E-state index contributed by atoms with van der Waals surface area (Å²) in [6.07, 6.45) is 0.731. The van der Waals surface area contributed by atoms with Crippen molar-refractivity contribution in [1.29, 1.82) is 0 Å². The topological polar surface area (TPSA) is 57.7 Å². The van der Waals surface area contributed by atoms with Crippen LogP contribution < -0.4 is 4.90 Å². The summed E-state index contributed by atoms with van der Waals surface area (Å²) in [5.41, 5.74) is 1.80. The third-order valence-electron chi connectivity index (χ3n) is 5.41. The van der Waals surface area contributed by atoms with Crippen LogP contribution in [0.25, 0.3) is 0 Å². The molecule has 8 heteroatoms. The highest BCUT2D eigenvalue weighted by atomic mass is 35.5. The molecule has 0 aromatic heterocycles. The number of carbonyl (C=O) groups is 1. The maximum absolute atomic E-state index is 12.9. The molecule has 5 nitrogen and oxygen atoms in total. The molecule has 4 rings (SSSR count). The average Bonchev–Trinajstić information content (AvgIpc) is 2.97. The van der Waals surface area contributed by atoms with Gasteiger partial charge in [0.25, 0.3) is 0 Å². The predicted molar refractivity (Wildman–Crippen MR) is 112 cm³/mol. The first-order valence-corrected chi connectivity index (χ1v) is 11.7. The van der Waals surface area contributed by atoms with E-state index in [1.165, 1.54) is 0 Å². The Morgan fingerprint density at radius 1 is 0.893 bits per heavy atom. The third-order valence-corrected chi connectivity index (χ3v) is 7.61. The fourth-order valence-corrected chi connectivity index (χ4v) is 6.30. The van der Waals surface area contributed by atoms with Crippen LogP contribution >= 0.6 is 23.2 Å². The van der Waals surface area contributed by atoms with Gasteiger partial charge in [0.2, 0.25) is 5.91 Å². The first-order valence-electron chi connectivity index (χ1n) is 9.09. The molecule has 0 bridgehead atoms. The molecular formula is C20H20Cl2N2O3S. The summed E-state index contributed by atoms with van der Waals surface area (Å²) >= 11 is 11.9. The quantitative estimate of drug-likeness (QED) is 0.735. The predicted octanol–water partition coefficient (Wildman–Crippen LogP) is 3.05. The molecule has 0 radical (unpaired) electrons. The number of hydrogen-bond acceptors (Lipinski definition) is 4. The van der Waals surface area contributed by atoms with Gasteiger partial charge in [0.05, 0.1) is 24.1 Å². The Kier molecular flexibility index (Phi) is 5.40. The largest absolute Gasteiger partial charge is 0.306 e. The monoisotopic (exact) mass is 438 g/mol. The molecule has 28 heavy (non-hydrogen) atoms. The van der Waals surface area contributed by atoms with Gasteiger partial charge in [-0.1, -0.05) is 35.3 Å². The molecule has 2 aliphatic heterocycles. The second-order valence-corrected chi connectivity index (χ2v) is 10.3. The molecule has 2 atom stereocenters. The molecule has 2 aromatic rings. The van der Waals surface area contributed by atoms with Gasteiger partial charge in [-0.3, -0.25) is 9.69 Å². The zero-order valence-electron chi connectivity index (χ0n) is 15.1. The van der Waals surface area contributed by atoms with Crippen molar-refractivity contribution in [2.24, 2.45) is 0 Å². The van der Waals surface area contributed by atoms with Gasteiger partial charge in [-0.05, 0) is 48.4 Å². The van der Waals surface area contributed by atoms with Crippen LogP contribution in [0, 0.1) is 0 Å². The highest BCUT2D eigenvalue weighted by Crippen LogP contribution is 2.32. The number of sulfone groups is 1. The maximum atomic E-state index is 12.9. The van der Waals surface area contributed by atoms with Crippen LogP contribution in [-0.2, 0) is 21.1 Å². The summed E-state index contributed by atoms with van der Waals surface area (Å²) in [5, 5.41) is 1.26. The number of piperazine rings is 1. The van der Waals surface area contributed by atoms with Gasteiger partial charge >= 0.3 is 0 Å². The molecule has 2 fully saturated rings. The lowest BCUT2D eigenvalue weighted by Crippen LogP contribution is -2.62. The summed E-state index contributed by atoms with van der Waals surface area (Å²) in [6, 6.07) is 14.0. The van der Waals surface area contributed by atoms with Crippen molar-refractivity contribution >= 4 is 44.6 Å². The Balaban J connectivity index is 1.57. The van der Waals surface area contributed by atoms with Gasteiger partial charge < -0.3 is 4.90 Å². The standard InChI is InChI=1S/C20H20Cl2N2O3S/c21-15-3-1-14(2-4-15)9-10-23-11-20(25)24(17-7-5-16(22)6-8-17)19-13-28(26,27)12-18(19)23/h1-8,18-19H,9-13H2/t18-,19+/m1/s1. The molecule has 148 valence electrons. The lowest BCUT2D eigenvalue weighted by molar-refractivity contribution is -0.123. The van der Waals surface area contributed by atoms with E-state index in [4.69, 9.17) is 23.2 Å². The molecule has 0 spiro atoms. The smallest absolute Gasteiger partial charge is 0.241 e. The van der Waals surface area contributed by atoms with E-state index >= 15 is 0 Å². The lowest BCUT2D eigenvalue weighted by Gasteiger charge is -2.43. The van der Waals surface area contributed by atoms with E-state index in [1.54, 1.807) is 29.2 Å². The minimum Gasteiger partial charge on any atom is -0.306 e. The number of anilines is 1. The van der Waals surface area contributed by atoms with E-state index < -0.39 is 9.84 Å². The summed E-state index contributed by atoms with van der Waals surface area (Å²) in [7, 11) is -3.20. The van der Waals surface area contributed by atoms with E-state index in [1.807, 2.05) is 29.2 Å². The van der Waals surface area contributed by atoms with Crippen LogP contribution in [0.4, 0.5) is 5.69 Å². The van der Waals surface area contributed by atoms with Gasteiger partial charge in [0.15, 0.2) is 9.84 Å². The molecule has 0 aliphatic carbocycles. The Bertz CT molecular complexity index is 978. The van der Waals surface area contributed by atoms with Crippen molar-refractivity contribution in [3.05, 3.63) is 64.1 Å². The Morgan fingerprint density at radius 3 is 2.11 bits per heavy atom. The van der Waals surface area contributed by atoms with Gasteiger partial charge in [-0.2, -0.15) is 0 Å². The molecule has 2 aromatic carbocycles. The van der Waals surface area contributed by atoms with Crippen LogP contribution in [0.3, 0.4) is 0 Å². The Labute approximate surface area is 174 Å². The number of nitrogens with zero attached hydrogens (tertiary/aromatic N) is 2. The van der Waals surface area contributed by atoms with E-state index in [0.29, 0.717) is 22.3 Å². The third kappa shape index (κ3) is 4.06. The van der Waals surface area contributed by atoms with E-state index in [-0.39, 0.29) is 36.0 Å². The molecule has 0 unspecified atom stereocenters. The normalized spacial score (nSPS) is 24.4. The molecular weight excluding hydrogens is 419 g/mol. The van der Waals surface area contributed by atoms with Crippen molar-refractivity contribution in [1.82, 2.24) is 4.90 Å². The first-order chi connectivity index (χ1) is 13.3. The molecule has 0 N–H and O–H groups in total. The van der Waals surface area contributed by atoms with Crippen molar-refractivity contribution in [3.8, 4) is 0 Å². The molecule has 2 saturated heterocycles. The Hall–Kier alpha value is -1.60. The summed E-state index contributed by atoms with van der Waals surface area (Å²) in [4.78, 5) is 16.6. The summed E-state index contributed by atoms with van der Waals surface area (Å²) in [6.45, 7) is 0.825. The molecule has 2 heterocycles. The van der Waals surface area contributed by atoms with Crippen molar-refractivity contribution in [2.75, 3.05) is 29.5 Å². The first kappa shape index (κ1) is 19.7. The second-order valence-electron chi connectivity index (χ2n) is 7.30. The van der Waals surface area contributed by atoms with Crippen LogP contribution in [0.15, 0.2) is 48.5 Å². The van der Waals surface area contributed by atoms with Gasteiger partial charge in [-0.15, -0.1) is 0 Å².